The second-order valence-corrected chi connectivity index (χ2v) is 6.60. The van der Waals surface area contributed by atoms with Crippen LogP contribution in [0.25, 0.3) is 0 Å². The average molecular weight is 378 g/mol. The van der Waals surface area contributed by atoms with Crippen molar-refractivity contribution in [2.45, 2.75) is 19.9 Å². The first kappa shape index (κ1) is 19.2. The first-order valence-electron chi connectivity index (χ1n) is 9.01. The van der Waals surface area contributed by atoms with Crippen molar-refractivity contribution in [2.24, 2.45) is 5.92 Å². The van der Waals surface area contributed by atoms with Gasteiger partial charge in [-0.1, -0.05) is 38.1 Å². The monoisotopic (exact) mass is 378 g/mol. The fourth-order valence-corrected chi connectivity index (χ4v) is 2.64. The minimum absolute atomic E-state index is 0.109. The zero-order valence-corrected chi connectivity index (χ0v) is 15.7. The number of nitrogens with one attached hydrogen (secondary N) is 2. The van der Waals surface area contributed by atoms with Gasteiger partial charge in [-0.3, -0.25) is 9.59 Å². The number of amides is 2. The van der Waals surface area contributed by atoms with Crippen LogP contribution in [0.15, 0.2) is 77.4 Å². The quantitative estimate of drug-likeness (QED) is 0.636. The lowest BCUT2D eigenvalue weighted by molar-refractivity contribution is -0.118. The summed E-state index contributed by atoms with van der Waals surface area (Å²) in [5, 5.41) is 5.55. The maximum absolute atomic E-state index is 12.7. The Morgan fingerprint density at radius 3 is 2.36 bits per heavy atom. The van der Waals surface area contributed by atoms with Gasteiger partial charge in [0.25, 0.3) is 5.91 Å². The summed E-state index contributed by atoms with van der Waals surface area (Å²) in [6.45, 7) is 3.73. The number of furan rings is 1. The molecule has 1 aromatic heterocycles. The molecule has 6 heteroatoms. The van der Waals surface area contributed by atoms with E-state index in [4.69, 9.17) is 9.15 Å². The summed E-state index contributed by atoms with van der Waals surface area (Å²) >= 11 is 0. The van der Waals surface area contributed by atoms with Gasteiger partial charge < -0.3 is 19.8 Å². The molecule has 0 aliphatic carbocycles. The Bertz CT molecular complexity index is 921. The largest absolute Gasteiger partial charge is 0.459 e. The third kappa shape index (κ3) is 5.01. The molecular formula is C22H22N2O4. The molecular weight excluding hydrogens is 356 g/mol. The molecule has 28 heavy (non-hydrogen) atoms. The van der Waals surface area contributed by atoms with E-state index in [2.05, 4.69) is 10.6 Å². The summed E-state index contributed by atoms with van der Waals surface area (Å²) in [4.78, 5) is 25.0. The molecule has 144 valence electrons. The van der Waals surface area contributed by atoms with E-state index in [0.29, 0.717) is 17.2 Å². The van der Waals surface area contributed by atoms with Crippen LogP contribution < -0.4 is 15.4 Å². The molecule has 1 atom stereocenters. The van der Waals surface area contributed by atoms with Crippen LogP contribution in [-0.2, 0) is 4.79 Å². The minimum Gasteiger partial charge on any atom is -0.459 e. The van der Waals surface area contributed by atoms with Crippen molar-refractivity contribution in [2.75, 3.05) is 5.32 Å². The van der Waals surface area contributed by atoms with Crippen molar-refractivity contribution >= 4 is 17.5 Å². The molecule has 3 aromatic rings. The van der Waals surface area contributed by atoms with Gasteiger partial charge in [-0.25, -0.2) is 0 Å². The molecule has 0 spiro atoms. The Balaban J connectivity index is 1.68. The molecule has 6 nitrogen and oxygen atoms in total. The molecule has 0 radical (unpaired) electrons. The van der Waals surface area contributed by atoms with Crippen LogP contribution in [0.5, 0.6) is 11.5 Å². The lowest BCUT2D eigenvalue weighted by atomic mass is 10.0. The van der Waals surface area contributed by atoms with Crippen molar-refractivity contribution < 1.29 is 18.7 Å². The Morgan fingerprint density at radius 2 is 1.68 bits per heavy atom. The van der Waals surface area contributed by atoms with Gasteiger partial charge in [0.1, 0.15) is 17.5 Å². The van der Waals surface area contributed by atoms with E-state index in [-0.39, 0.29) is 17.6 Å². The van der Waals surface area contributed by atoms with Gasteiger partial charge in [-0.15, -0.1) is 0 Å². The fraction of sp³-hybridized carbons (Fsp3) is 0.182. The topological polar surface area (TPSA) is 80.6 Å². The van der Waals surface area contributed by atoms with Crippen LogP contribution in [-0.4, -0.2) is 17.9 Å². The third-order valence-corrected chi connectivity index (χ3v) is 4.06. The van der Waals surface area contributed by atoms with E-state index in [0.717, 1.165) is 0 Å². The molecule has 0 aliphatic rings. The van der Waals surface area contributed by atoms with Gasteiger partial charge in [-0.05, 0) is 42.3 Å². The Hall–Kier alpha value is -3.54. The molecule has 2 amide bonds. The van der Waals surface area contributed by atoms with Crippen molar-refractivity contribution in [1.29, 1.82) is 0 Å². The predicted molar refractivity (Wildman–Crippen MR) is 106 cm³/mol. The molecule has 2 aromatic carbocycles. The van der Waals surface area contributed by atoms with Crippen molar-refractivity contribution in [1.82, 2.24) is 5.32 Å². The number of rotatable bonds is 7. The molecule has 0 bridgehead atoms. The number of carbonyl (C=O) groups is 2. The smallest absolute Gasteiger partial charge is 0.287 e. The number of ether oxygens (including phenoxy) is 1. The van der Waals surface area contributed by atoms with Gasteiger partial charge in [0.05, 0.1) is 6.26 Å². The molecule has 3 rings (SSSR count). The summed E-state index contributed by atoms with van der Waals surface area (Å²) in [6.07, 6.45) is 1.41. The van der Waals surface area contributed by atoms with E-state index in [9.17, 15) is 9.59 Å². The Morgan fingerprint density at radius 1 is 0.929 bits per heavy atom. The molecule has 1 heterocycles. The van der Waals surface area contributed by atoms with Crippen LogP contribution in [0.2, 0.25) is 0 Å². The summed E-state index contributed by atoms with van der Waals surface area (Å²) in [7, 11) is 0. The lowest BCUT2D eigenvalue weighted by Crippen LogP contribution is -2.47. The maximum atomic E-state index is 12.7. The van der Waals surface area contributed by atoms with Gasteiger partial charge in [0.2, 0.25) is 5.91 Å². The number of hydrogen-bond donors (Lipinski definition) is 2. The van der Waals surface area contributed by atoms with Crippen molar-refractivity contribution in [3.05, 3.63) is 78.8 Å². The summed E-state index contributed by atoms with van der Waals surface area (Å²) in [5.41, 5.74) is 0.580. The summed E-state index contributed by atoms with van der Waals surface area (Å²) in [5.74, 6) is 0.618. The maximum Gasteiger partial charge on any atom is 0.287 e. The minimum atomic E-state index is -0.712. The first-order chi connectivity index (χ1) is 13.5. The number of para-hydroxylation sites is 1. The van der Waals surface area contributed by atoms with E-state index >= 15 is 0 Å². The van der Waals surface area contributed by atoms with Crippen LogP contribution in [0.4, 0.5) is 5.69 Å². The second-order valence-electron chi connectivity index (χ2n) is 6.60. The van der Waals surface area contributed by atoms with E-state index in [1.165, 1.54) is 6.26 Å². The van der Waals surface area contributed by atoms with E-state index in [1.54, 1.807) is 36.4 Å². The van der Waals surface area contributed by atoms with Gasteiger partial charge in [0.15, 0.2) is 5.76 Å². The van der Waals surface area contributed by atoms with Crippen LogP contribution in [0, 0.1) is 5.92 Å². The molecule has 0 fully saturated rings. The number of anilines is 1. The van der Waals surface area contributed by atoms with Crippen LogP contribution in [0.3, 0.4) is 0 Å². The number of carbonyl (C=O) groups excluding carboxylic acids is 2. The Labute approximate surface area is 163 Å². The normalized spacial score (nSPS) is 11.7. The number of benzene rings is 2. The van der Waals surface area contributed by atoms with Gasteiger partial charge in [0, 0.05) is 11.8 Å². The van der Waals surface area contributed by atoms with Crippen molar-refractivity contribution in [3.63, 3.8) is 0 Å². The SMILES string of the molecule is CC(C)[C@H](NC(=O)c1ccco1)C(=O)Nc1cccc(Oc2ccccc2)c1. The number of hydrogen-bond acceptors (Lipinski definition) is 4. The molecule has 2 N–H and O–H groups in total. The van der Waals surface area contributed by atoms with E-state index < -0.39 is 11.9 Å². The third-order valence-electron chi connectivity index (χ3n) is 4.06. The molecule has 0 aliphatic heterocycles. The second kappa shape index (κ2) is 8.90. The summed E-state index contributed by atoms with van der Waals surface area (Å²) < 4.78 is 10.9. The highest BCUT2D eigenvalue weighted by Crippen LogP contribution is 2.24. The Kier molecular flexibility index (Phi) is 6.11. The molecule has 0 saturated carbocycles. The highest BCUT2D eigenvalue weighted by Gasteiger charge is 2.25. The molecule has 0 unspecified atom stereocenters. The van der Waals surface area contributed by atoms with Gasteiger partial charge >= 0.3 is 0 Å². The first-order valence-corrected chi connectivity index (χ1v) is 9.01. The highest BCUT2D eigenvalue weighted by molar-refractivity contribution is 6.00. The molecule has 0 saturated heterocycles. The van der Waals surface area contributed by atoms with Crippen LogP contribution >= 0.6 is 0 Å². The van der Waals surface area contributed by atoms with Gasteiger partial charge in [-0.2, -0.15) is 0 Å². The van der Waals surface area contributed by atoms with E-state index in [1.807, 2.05) is 44.2 Å². The fourth-order valence-electron chi connectivity index (χ4n) is 2.64. The average Bonchev–Trinajstić information content (AvgIpc) is 3.21. The zero-order chi connectivity index (χ0) is 19.9. The standard InChI is InChI=1S/C22H22N2O4/c1-15(2)20(24-21(25)19-12-7-13-27-19)22(26)23-16-8-6-11-18(14-16)28-17-9-4-3-5-10-17/h3-15,20H,1-2H3,(H,23,26)(H,24,25)/t20-/m0/s1. The summed E-state index contributed by atoms with van der Waals surface area (Å²) in [6, 6.07) is 18.9. The zero-order valence-electron chi connectivity index (χ0n) is 15.7. The predicted octanol–water partition coefficient (Wildman–Crippen LogP) is 4.47. The van der Waals surface area contributed by atoms with Crippen LogP contribution in [0.1, 0.15) is 24.4 Å². The highest BCUT2D eigenvalue weighted by atomic mass is 16.5. The lowest BCUT2D eigenvalue weighted by Gasteiger charge is -2.21. The van der Waals surface area contributed by atoms with Crippen molar-refractivity contribution in [3.8, 4) is 11.5 Å².